The van der Waals surface area contributed by atoms with E-state index < -0.39 is 0 Å². The lowest BCUT2D eigenvalue weighted by molar-refractivity contribution is 0.319. The molecule has 1 N–H and O–H groups in total. The summed E-state index contributed by atoms with van der Waals surface area (Å²) in [6.45, 7) is 0. The normalized spacial score (nSPS) is 12.2. The van der Waals surface area contributed by atoms with Crippen LogP contribution in [0.15, 0.2) is 29.4 Å². The lowest BCUT2D eigenvalue weighted by Crippen LogP contribution is -2.08. The molecule has 0 spiro atoms. The molecule has 0 amide bonds. The molecular formula is C8H6Br2ClNO. The Morgan fingerprint density at radius 1 is 1.31 bits per heavy atom. The van der Waals surface area contributed by atoms with Crippen LogP contribution in [0, 0.1) is 0 Å². The van der Waals surface area contributed by atoms with Gasteiger partial charge in [0.1, 0.15) is 9.45 Å². The molecule has 0 radical (unpaired) electrons. The Morgan fingerprint density at radius 2 is 1.85 bits per heavy atom. The van der Waals surface area contributed by atoms with E-state index in [9.17, 15) is 0 Å². The second-order valence-corrected chi connectivity index (χ2v) is 5.79. The molecule has 0 atom stereocenters. The fourth-order valence-electron chi connectivity index (χ4n) is 0.848. The third kappa shape index (κ3) is 2.97. The van der Waals surface area contributed by atoms with Gasteiger partial charge in [0, 0.05) is 10.6 Å². The highest BCUT2D eigenvalue weighted by atomic mass is 79.9. The number of oxime groups is 1. The highest BCUT2D eigenvalue weighted by Crippen LogP contribution is 2.18. The molecular weight excluding hydrogens is 321 g/mol. The van der Waals surface area contributed by atoms with Crippen molar-refractivity contribution in [1.29, 1.82) is 0 Å². The summed E-state index contributed by atoms with van der Waals surface area (Å²) in [7, 11) is 0. The van der Waals surface area contributed by atoms with Crippen LogP contribution in [0.4, 0.5) is 0 Å². The van der Waals surface area contributed by atoms with E-state index >= 15 is 0 Å². The van der Waals surface area contributed by atoms with E-state index in [0.717, 1.165) is 5.56 Å². The SMILES string of the molecule is ON=C(c1ccc(Cl)cc1)C(Br)Br. The number of nitrogens with zero attached hydrogens (tertiary/aromatic N) is 1. The molecule has 13 heavy (non-hydrogen) atoms. The highest BCUT2D eigenvalue weighted by molar-refractivity contribution is 9.25. The monoisotopic (exact) mass is 325 g/mol. The van der Waals surface area contributed by atoms with Crippen molar-refractivity contribution >= 4 is 49.2 Å². The molecule has 0 aromatic heterocycles. The van der Waals surface area contributed by atoms with Crippen molar-refractivity contribution in [3.8, 4) is 0 Å². The van der Waals surface area contributed by atoms with Crippen LogP contribution in [0.5, 0.6) is 0 Å². The van der Waals surface area contributed by atoms with Crippen LogP contribution in [0.2, 0.25) is 5.02 Å². The van der Waals surface area contributed by atoms with Crippen molar-refractivity contribution in [2.24, 2.45) is 5.16 Å². The van der Waals surface area contributed by atoms with Crippen LogP contribution >= 0.6 is 43.5 Å². The van der Waals surface area contributed by atoms with Gasteiger partial charge in [-0.1, -0.05) is 60.7 Å². The van der Waals surface area contributed by atoms with Crippen LogP contribution in [-0.4, -0.2) is 14.7 Å². The van der Waals surface area contributed by atoms with E-state index in [1.54, 1.807) is 24.3 Å². The molecule has 0 aliphatic heterocycles. The largest absolute Gasteiger partial charge is 0.411 e. The maximum atomic E-state index is 8.71. The average molecular weight is 327 g/mol. The number of alkyl halides is 2. The molecule has 0 unspecified atom stereocenters. The summed E-state index contributed by atoms with van der Waals surface area (Å²) in [5.74, 6) is 0. The Hall–Kier alpha value is -0.0600. The molecule has 0 bridgehead atoms. The molecule has 0 aliphatic rings. The van der Waals surface area contributed by atoms with Crippen LogP contribution in [0.25, 0.3) is 0 Å². The number of benzene rings is 1. The second kappa shape index (κ2) is 4.98. The molecule has 1 rings (SSSR count). The Labute approximate surface area is 97.8 Å². The van der Waals surface area contributed by atoms with Crippen molar-refractivity contribution in [3.63, 3.8) is 0 Å². The van der Waals surface area contributed by atoms with Gasteiger partial charge in [-0.2, -0.15) is 0 Å². The first-order valence-electron chi connectivity index (χ1n) is 3.41. The Balaban J connectivity index is 3.00. The maximum Gasteiger partial charge on any atom is 0.116 e. The fourth-order valence-corrected chi connectivity index (χ4v) is 1.69. The highest BCUT2D eigenvalue weighted by Gasteiger charge is 2.11. The zero-order chi connectivity index (χ0) is 9.84. The molecule has 1 aromatic carbocycles. The van der Waals surface area contributed by atoms with Gasteiger partial charge in [-0.05, 0) is 12.1 Å². The Kier molecular flexibility index (Phi) is 4.22. The van der Waals surface area contributed by atoms with Crippen molar-refractivity contribution in [2.75, 3.05) is 0 Å². The first-order chi connectivity index (χ1) is 6.15. The van der Waals surface area contributed by atoms with E-state index in [0.29, 0.717) is 10.7 Å². The van der Waals surface area contributed by atoms with Gasteiger partial charge in [-0.25, -0.2) is 0 Å². The Bertz CT molecular complexity index is 310. The molecule has 0 saturated carbocycles. The molecule has 0 saturated heterocycles. The lowest BCUT2D eigenvalue weighted by Gasteiger charge is -2.04. The van der Waals surface area contributed by atoms with E-state index in [1.807, 2.05) is 0 Å². The van der Waals surface area contributed by atoms with E-state index in [-0.39, 0.29) is 3.74 Å². The summed E-state index contributed by atoms with van der Waals surface area (Å²) in [6.07, 6.45) is 0. The standard InChI is InChI=1S/C8H6Br2ClNO/c9-8(10)7(12-13)5-1-3-6(11)4-2-5/h1-4,8,13H. The summed E-state index contributed by atoms with van der Waals surface area (Å²) in [5, 5.41) is 12.5. The first-order valence-corrected chi connectivity index (χ1v) is 5.62. The van der Waals surface area contributed by atoms with Gasteiger partial charge in [0.25, 0.3) is 0 Å². The van der Waals surface area contributed by atoms with Crippen LogP contribution in [0.1, 0.15) is 5.56 Å². The molecule has 2 nitrogen and oxygen atoms in total. The van der Waals surface area contributed by atoms with Crippen molar-refractivity contribution in [3.05, 3.63) is 34.9 Å². The molecule has 0 fully saturated rings. The van der Waals surface area contributed by atoms with Gasteiger partial charge in [0.15, 0.2) is 0 Å². The van der Waals surface area contributed by atoms with E-state index in [1.165, 1.54) is 0 Å². The predicted octanol–water partition coefficient (Wildman–Crippen LogP) is 3.63. The molecule has 0 heterocycles. The van der Waals surface area contributed by atoms with Crippen molar-refractivity contribution in [2.45, 2.75) is 3.74 Å². The number of rotatable bonds is 2. The van der Waals surface area contributed by atoms with Crippen molar-refractivity contribution in [1.82, 2.24) is 0 Å². The zero-order valence-corrected chi connectivity index (χ0v) is 10.3. The lowest BCUT2D eigenvalue weighted by atomic mass is 10.1. The van der Waals surface area contributed by atoms with Gasteiger partial charge in [0.2, 0.25) is 0 Å². The van der Waals surface area contributed by atoms with E-state index in [4.69, 9.17) is 16.8 Å². The smallest absolute Gasteiger partial charge is 0.116 e. The Morgan fingerprint density at radius 3 is 2.23 bits per heavy atom. The quantitative estimate of drug-likeness (QED) is 0.382. The first kappa shape index (κ1) is 11.0. The minimum Gasteiger partial charge on any atom is -0.411 e. The minimum absolute atomic E-state index is 0.175. The van der Waals surface area contributed by atoms with Gasteiger partial charge in [-0.3, -0.25) is 0 Å². The third-order valence-corrected chi connectivity index (χ3v) is 2.57. The molecule has 70 valence electrons. The summed E-state index contributed by atoms with van der Waals surface area (Å²) >= 11 is 12.2. The fraction of sp³-hybridized carbons (Fsp3) is 0.125. The van der Waals surface area contributed by atoms with Crippen LogP contribution < -0.4 is 0 Å². The predicted molar refractivity (Wildman–Crippen MR) is 61.4 cm³/mol. The number of hydrogen-bond donors (Lipinski definition) is 1. The van der Waals surface area contributed by atoms with Crippen LogP contribution in [-0.2, 0) is 0 Å². The van der Waals surface area contributed by atoms with Gasteiger partial charge >= 0.3 is 0 Å². The maximum absolute atomic E-state index is 8.71. The van der Waals surface area contributed by atoms with E-state index in [2.05, 4.69) is 37.0 Å². The number of halogens is 3. The van der Waals surface area contributed by atoms with Crippen molar-refractivity contribution < 1.29 is 5.21 Å². The average Bonchev–Trinajstić information content (AvgIpc) is 2.09. The zero-order valence-electron chi connectivity index (χ0n) is 6.42. The third-order valence-electron chi connectivity index (χ3n) is 1.45. The van der Waals surface area contributed by atoms with Gasteiger partial charge < -0.3 is 5.21 Å². The second-order valence-electron chi connectivity index (χ2n) is 2.29. The molecule has 1 aromatic rings. The molecule has 5 heteroatoms. The summed E-state index contributed by atoms with van der Waals surface area (Å²) in [5.41, 5.74) is 1.32. The van der Waals surface area contributed by atoms with Gasteiger partial charge in [-0.15, -0.1) is 0 Å². The summed E-state index contributed by atoms with van der Waals surface area (Å²) < 4.78 is -0.175. The number of hydrogen-bond acceptors (Lipinski definition) is 2. The summed E-state index contributed by atoms with van der Waals surface area (Å²) in [4.78, 5) is 0. The van der Waals surface area contributed by atoms with Gasteiger partial charge in [0.05, 0.1) is 0 Å². The van der Waals surface area contributed by atoms with Crippen LogP contribution in [0.3, 0.4) is 0 Å². The molecule has 0 aliphatic carbocycles. The summed E-state index contributed by atoms with van der Waals surface area (Å²) in [6, 6.07) is 7.05. The topological polar surface area (TPSA) is 32.6 Å². The minimum atomic E-state index is -0.175.